The molecule has 2 aromatic rings. The van der Waals surface area contributed by atoms with Crippen molar-refractivity contribution in [1.29, 1.82) is 0 Å². The van der Waals surface area contributed by atoms with Crippen LogP contribution in [0.15, 0.2) is 28.8 Å². The van der Waals surface area contributed by atoms with E-state index in [9.17, 15) is 4.79 Å². The first-order valence-electron chi connectivity index (χ1n) is 5.91. The summed E-state index contributed by atoms with van der Waals surface area (Å²) in [6, 6.07) is 6.72. The van der Waals surface area contributed by atoms with Gasteiger partial charge in [0.2, 0.25) is 0 Å². The maximum absolute atomic E-state index is 11.2. The topological polar surface area (TPSA) is 72.6 Å². The standard InChI is InChI=1S/C14H15NO4/c1-8(2)13-7-11(15-19-13)9-4-5-12(18-3)10(6-9)14(16)17/h4-8H,1-3H3,(H,16,17). The molecule has 1 N–H and O–H groups in total. The molecule has 5 heteroatoms. The summed E-state index contributed by atoms with van der Waals surface area (Å²) >= 11 is 0. The predicted octanol–water partition coefficient (Wildman–Crippen LogP) is 3.17. The molecule has 0 amide bonds. The Morgan fingerprint density at radius 3 is 2.63 bits per heavy atom. The number of carboxylic acid groups (broad SMARTS) is 1. The highest BCUT2D eigenvalue weighted by molar-refractivity contribution is 5.92. The molecule has 2 rings (SSSR count). The molecule has 0 spiro atoms. The van der Waals surface area contributed by atoms with Gasteiger partial charge >= 0.3 is 5.97 Å². The lowest BCUT2D eigenvalue weighted by Crippen LogP contribution is -2.00. The molecular weight excluding hydrogens is 246 g/mol. The van der Waals surface area contributed by atoms with Crippen molar-refractivity contribution < 1.29 is 19.2 Å². The first-order valence-corrected chi connectivity index (χ1v) is 5.91. The molecule has 1 aromatic carbocycles. The van der Waals surface area contributed by atoms with Crippen LogP contribution in [0.25, 0.3) is 11.3 Å². The number of aromatic carboxylic acids is 1. The van der Waals surface area contributed by atoms with Crippen LogP contribution < -0.4 is 4.74 Å². The largest absolute Gasteiger partial charge is 0.496 e. The lowest BCUT2D eigenvalue weighted by atomic mass is 10.1. The summed E-state index contributed by atoms with van der Waals surface area (Å²) in [6.45, 7) is 4.00. The number of hydrogen-bond donors (Lipinski definition) is 1. The van der Waals surface area contributed by atoms with Crippen molar-refractivity contribution in [2.24, 2.45) is 0 Å². The molecule has 1 aromatic heterocycles. The summed E-state index contributed by atoms with van der Waals surface area (Å²) < 4.78 is 10.2. The Hall–Kier alpha value is -2.30. The summed E-state index contributed by atoms with van der Waals surface area (Å²) in [5.41, 5.74) is 1.41. The van der Waals surface area contributed by atoms with Gasteiger partial charge in [0.25, 0.3) is 0 Å². The van der Waals surface area contributed by atoms with Gasteiger partial charge in [0.15, 0.2) is 0 Å². The number of benzene rings is 1. The monoisotopic (exact) mass is 261 g/mol. The molecule has 0 aliphatic heterocycles. The van der Waals surface area contributed by atoms with Crippen molar-refractivity contribution in [2.75, 3.05) is 7.11 Å². The van der Waals surface area contributed by atoms with E-state index in [4.69, 9.17) is 14.4 Å². The molecule has 0 saturated carbocycles. The Balaban J connectivity index is 2.44. The smallest absolute Gasteiger partial charge is 0.339 e. The van der Waals surface area contributed by atoms with Crippen LogP contribution in [-0.2, 0) is 0 Å². The molecule has 5 nitrogen and oxygen atoms in total. The molecule has 1 heterocycles. The van der Waals surface area contributed by atoms with Crippen molar-refractivity contribution in [3.63, 3.8) is 0 Å². The van der Waals surface area contributed by atoms with Crippen LogP contribution in [0, 0.1) is 0 Å². The van der Waals surface area contributed by atoms with Gasteiger partial charge in [0, 0.05) is 17.5 Å². The SMILES string of the molecule is COc1ccc(-c2cc(C(C)C)on2)cc1C(=O)O. The highest BCUT2D eigenvalue weighted by Crippen LogP contribution is 2.28. The first-order chi connectivity index (χ1) is 9.02. The van der Waals surface area contributed by atoms with E-state index in [0.717, 1.165) is 5.76 Å². The van der Waals surface area contributed by atoms with E-state index < -0.39 is 5.97 Å². The molecule has 0 bridgehead atoms. The molecule has 100 valence electrons. The van der Waals surface area contributed by atoms with Crippen LogP contribution in [0.4, 0.5) is 0 Å². The van der Waals surface area contributed by atoms with Crippen LogP contribution in [0.3, 0.4) is 0 Å². The summed E-state index contributed by atoms with van der Waals surface area (Å²) in [7, 11) is 1.44. The van der Waals surface area contributed by atoms with E-state index in [1.165, 1.54) is 13.2 Å². The van der Waals surface area contributed by atoms with Crippen LogP contribution in [0.5, 0.6) is 5.75 Å². The quantitative estimate of drug-likeness (QED) is 0.915. The second-order valence-corrected chi connectivity index (χ2v) is 4.49. The fraction of sp³-hybridized carbons (Fsp3) is 0.286. The predicted molar refractivity (Wildman–Crippen MR) is 69.5 cm³/mol. The Morgan fingerprint density at radius 2 is 2.11 bits per heavy atom. The van der Waals surface area contributed by atoms with Crippen LogP contribution >= 0.6 is 0 Å². The zero-order chi connectivity index (χ0) is 14.0. The third-order valence-corrected chi connectivity index (χ3v) is 2.82. The van der Waals surface area contributed by atoms with Gasteiger partial charge in [0.05, 0.1) is 7.11 Å². The highest BCUT2D eigenvalue weighted by atomic mass is 16.5. The lowest BCUT2D eigenvalue weighted by Gasteiger charge is -2.05. The van der Waals surface area contributed by atoms with Crippen LogP contribution in [0.2, 0.25) is 0 Å². The van der Waals surface area contributed by atoms with Gasteiger partial charge in [-0.3, -0.25) is 0 Å². The van der Waals surface area contributed by atoms with Crippen molar-refractivity contribution in [3.05, 3.63) is 35.6 Å². The third-order valence-electron chi connectivity index (χ3n) is 2.82. The van der Waals surface area contributed by atoms with Crippen LogP contribution in [0.1, 0.15) is 35.9 Å². The number of carbonyl (C=O) groups is 1. The van der Waals surface area contributed by atoms with Gasteiger partial charge in [-0.05, 0) is 18.2 Å². The van der Waals surface area contributed by atoms with E-state index in [1.807, 2.05) is 19.9 Å². The van der Waals surface area contributed by atoms with Gasteiger partial charge in [-0.15, -0.1) is 0 Å². The fourth-order valence-electron chi connectivity index (χ4n) is 1.73. The van der Waals surface area contributed by atoms with Gasteiger partial charge < -0.3 is 14.4 Å². The average molecular weight is 261 g/mol. The van der Waals surface area contributed by atoms with E-state index in [1.54, 1.807) is 12.1 Å². The lowest BCUT2D eigenvalue weighted by molar-refractivity contribution is 0.0693. The molecule has 19 heavy (non-hydrogen) atoms. The minimum absolute atomic E-state index is 0.106. The summed E-state index contributed by atoms with van der Waals surface area (Å²) in [6.07, 6.45) is 0. The van der Waals surface area contributed by atoms with Gasteiger partial charge in [-0.2, -0.15) is 0 Å². The normalized spacial score (nSPS) is 10.7. The number of carboxylic acids is 1. The number of nitrogens with zero attached hydrogens (tertiary/aromatic N) is 1. The Labute approximate surface area is 110 Å². The zero-order valence-electron chi connectivity index (χ0n) is 11.0. The summed E-state index contributed by atoms with van der Waals surface area (Å²) in [4.78, 5) is 11.2. The molecule has 0 atom stereocenters. The van der Waals surface area contributed by atoms with E-state index in [-0.39, 0.29) is 11.5 Å². The molecule has 0 aliphatic rings. The van der Waals surface area contributed by atoms with Gasteiger partial charge in [-0.1, -0.05) is 19.0 Å². The Kier molecular flexibility index (Phi) is 3.55. The van der Waals surface area contributed by atoms with E-state index in [0.29, 0.717) is 17.0 Å². The van der Waals surface area contributed by atoms with Gasteiger partial charge in [0.1, 0.15) is 22.8 Å². The third kappa shape index (κ3) is 2.59. The number of hydrogen-bond acceptors (Lipinski definition) is 4. The van der Waals surface area contributed by atoms with Crippen LogP contribution in [-0.4, -0.2) is 23.3 Å². The van der Waals surface area contributed by atoms with E-state index in [2.05, 4.69) is 5.16 Å². The van der Waals surface area contributed by atoms with Gasteiger partial charge in [-0.25, -0.2) is 4.79 Å². The highest BCUT2D eigenvalue weighted by Gasteiger charge is 2.15. The minimum Gasteiger partial charge on any atom is -0.496 e. The molecular formula is C14H15NO4. The molecule has 0 unspecified atom stereocenters. The van der Waals surface area contributed by atoms with Crippen molar-refractivity contribution in [2.45, 2.75) is 19.8 Å². The average Bonchev–Trinajstić information content (AvgIpc) is 2.87. The second-order valence-electron chi connectivity index (χ2n) is 4.49. The summed E-state index contributed by atoms with van der Waals surface area (Å²) in [5.74, 6) is 0.288. The van der Waals surface area contributed by atoms with Crippen molar-refractivity contribution >= 4 is 5.97 Å². The first kappa shape index (κ1) is 13.1. The fourth-order valence-corrected chi connectivity index (χ4v) is 1.73. The molecule has 0 aliphatic carbocycles. The maximum atomic E-state index is 11.2. The van der Waals surface area contributed by atoms with Crippen molar-refractivity contribution in [1.82, 2.24) is 5.16 Å². The second kappa shape index (κ2) is 5.14. The Bertz CT molecular complexity index is 601. The minimum atomic E-state index is -1.04. The number of aromatic nitrogens is 1. The maximum Gasteiger partial charge on any atom is 0.339 e. The number of rotatable bonds is 4. The Morgan fingerprint density at radius 1 is 1.37 bits per heavy atom. The number of methoxy groups -OCH3 is 1. The number of ether oxygens (including phenoxy) is 1. The van der Waals surface area contributed by atoms with E-state index >= 15 is 0 Å². The molecule has 0 fully saturated rings. The molecule has 0 radical (unpaired) electrons. The molecule has 0 saturated heterocycles. The summed E-state index contributed by atoms with van der Waals surface area (Å²) in [5, 5.41) is 13.1. The zero-order valence-corrected chi connectivity index (χ0v) is 11.0. The van der Waals surface area contributed by atoms with Crippen molar-refractivity contribution in [3.8, 4) is 17.0 Å².